The molecule has 0 radical (unpaired) electrons. The van der Waals surface area contributed by atoms with Crippen molar-refractivity contribution < 1.29 is 14.3 Å². The van der Waals surface area contributed by atoms with Crippen LogP contribution in [0.1, 0.15) is 38.8 Å². The molecule has 0 heterocycles. The number of rotatable bonds is 3. The summed E-state index contributed by atoms with van der Waals surface area (Å²) in [5.74, 6) is -0.866. The molecular formula is C12H15NO3. The van der Waals surface area contributed by atoms with Crippen LogP contribution in [0.2, 0.25) is 0 Å². The minimum absolute atomic E-state index is 0.328. The van der Waals surface area contributed by atoms with Gasteiger partial charge in [0.2, 0.25) is 5.91 Å². The van der Waals surface area contributed by atoms with Gasteiger partial charge >= 0.3 is 5.97 Å². The van der Waals surface area contributed by atoms with E-state index in [1.54, 1.807) is 32.9 Å². The molecule has 0 unspecified atom stereocenters. The van der Waals surface area contributed by atoms with Crippen molar-refractivity contribution in [2.75, 3.05) is 6.61 Å². The molecule has 0 atom stereocenters. The van der Waals surface area contributed by atoms with E-state index in [0.29, 0.717) is 28.9 Å². The molecule has 0 aromatic heterocycles. The summed E-state index contributed by atoms with van der Waals surface area (Å²) in [6.45, 7) is 5.57. The smallest absolute Gasteiger partial charge is 0.338 e. The molecule has 1 aromatic rings. The molecule has 0 aliphatic rings. The summed E-state index contributed by atoms with van der Waals surface area (Å²) >= 11 is 0. The largest absolute Gasteiger partial charge is 0.462 e. The van der Waals surface area contributed by atoms with Crippen molar-refractivity contribution in [2.45, 2.75) is 20.8 Å². The molecule has 0 saturated heterocycles. The Morgan fingerprint density at radius 1 is 1.25 bits per heavy atom. The van der Waals surface area contributed by atoms with E-state index in [0.717, 1.165) is 0 Å². The fourth-order valence-electron chi connectivity index (χ4n) is 1.68. The van der Waals surface area contributed by atoms with Gasteiger partial charge in [0.25, 0.3) is 0 Å². The molecular weight excluding hydrogens is 206 g/mol. The topological polar surface area (TPSA) is 69.4 Å². The molecule has 86 valence electrons. The Morgan fingerprint density at radius 2 is 1.75 bits per heavy atom. The van der Waals surface area contributed by atoms with Crippen LogP contribution in [0.25, 0.3) is 0 Å². The van der Waals surface area contributed by atoms with Crippen LogP contribution >= 0.6 is 0 Å². The van der Waals surface area contributed by atoms with Gasteiger partial charge in [-0.2, -0.15) is 0 Å². The van der Waals surface area contributed by atoms with Gasteiger partial charge in [-0.15, -0.1) is 0 Å². The quantitative estimate of drug-likeness (QED) is 0.788. The minimum Gasteiger partial charge on any atom is -0.462 e. The van der Waals surface area contributed by atoms with E-state index in [-0.39, 0.29) is 5.97 Å². The van der Waals surface area contributed by atoms with Gasteiger partial charge in [-0.3, -0.25) is 4.79 Å². The zero-order valence-electron chi connectivity index (χ0n) is 9.66. The van der Waals surface area contributed by atoms with Crippen molar-refractivity contribution in [2.24, 2.45) is 5.73 Å². The first-order valence-electron chi connectivity index (χ1n) is 5.05. The fraction of sp³-hybridized carbons (Fsp3) is 0.333. The van der Waals surface area contributed by atoms with Crippen molar-refractivity contribution >= 4 is 11.9 Å². The van der Waals surface area contributed by atoms with Crippen LogP contribution in [0.15, 0.2) is 12.1 Å². The van der Waals surface area contributed by atoms with Gasteiger partial charge in [-0.25, -0.2) is 4.79 Å². The molecule has 4 heteroatoms. The first kappa shape index (κ1) is 12.2. The lowest BCUT2D eigenvalue weighted by Crippen LogP contribution is -2.16. The highest BCUT2D eigenvalue weighted by atomic mass is 16.5. The average molecular weight is 221 g/mol. The number of aryl methyl sites for hydroxylation is 2. The summed E-state index contributed by atoms with van der Waals surface area (Å²) in [5.41, 5.74) is 7.54. The van der Waals surface area contributed by atoms with Crippen molar-refractivity contribution in [3.8, 4) is 0 Å². The Labute approximate surface area is 94.4 Å². The molecule has 4 nitrogen and oxygen atoms in total. The zero-order valence-corrected chi connectivity index (χ0v) is 9.66. The van der Waals surface area contributed by atoms with Crippen LogP contribution in [-0.4, -0.2) is 18.5 Å². The number of carbonyl (C=O) groups excluding carboxylic acids is 2. The molecule has 1 rings (SSSR count). The summed E-state index contributed by atoms with van der Waals surface area (Å²) in [6, 6.07) is 3.23. The minimum atomic E-state index is -0.481. The van der Waals surface area contributed by atoms with E-state index in [1.165, 1.54) is 0 Å². The van der Waals surface area contributed by atoms with E-state index in [2.05, 4.69) is 0 Å². The molecule has 2 N–H and O–H groups in total. The second-order valence-electron chi connectivity index (χ2n) is 3.57. The highest BCUT2D eigenvalue weighted by Gasteiger charge is 2.14. The van der Waals surface area contributed by atoms with E-state index >= 15 is 0 Å². The van der Waals surface area contributed by atoms with Crippen LogP contribution in [0.5, 0.6) is 0 Å². The number of primary amides is 1. The Balaban J connectivity index is 3.19. The zero-order chi connectivity index (χ0) is 12.3. The van der Waals surface area contributed by atoms with Crippen LogP contribution < -0.4 is 5.73 Å². The predicted octanol–water partition coefficient (Wildman–Crippen LogP) is 1.58. The Morgan fingerprint density at radius 3 is 2.12 bits per heavy atom. The van der Waals surface area contributed by atoms with Gasteiger partial charge in [-0.05, 0) is 44.0 Å². The third-order valence-corrected chi connectivity index (χ3v) is 2.29. The number of benzene rings is 1. The fourth-order valence-corrected chi connectivity index (χ4v) is 1.68. The number of amides is 1. The molecule has 1 amide bonds. The molecule has 0 spiro atoms. The van der Waals surface area contributed by atoms with E-state index in [9.17, 15) is 9.59 Å². The summed E-state index contributed by atoms with van der Waals surface area (Å²) < 4.78 is 4.88. The van der Waals surface area contributed by atoms with Crippen LogP contribution in [0.3, 0.4) is 0 Å². The highest BCUT2D eigenvalue weighted by molar-refractivity contribution is 5.98. The number of carbonyl (C=O) groups is 2. The van der Waals surface area contributed by atoms with E-state index < -0.39 is 5.91 Å². The maximum atomic E-state index is 11.5. The van der Waals surface area contributed by atoms with Crippen LogP contribution in [0, 0.1) is 13.8 Å². The van der Waals surface area contributed by atoms with Crippen LogP contribution in [0.4, 0.5) is 0 Å². The highest BCUT2D eigenvalue weighted by Crippen LogP contribution is 2.16. The van der Waals surface area contributed by atoms with E-state index in [4.69, 9.17) is 10.5 Å². The maximum Gasteiger partial charge on any atom is 0.338 e. The first-order valence-corrected chi connectivity index (χ1v) is 5.05. The van der Waals surface area contributed by atoms with Gasteiger partial charge in [0, 0.05) is 5.56 Å². The number of ether oxygens (including phenoxy) is 1. The van der Waals surface area contributed by atoms with Gasteiger partial charge in [-0.1, -0.05) is 0 Å². The van der Waals surface area contributed by atoms with Gasteiger partial charge in [0.15, 0.2) is 0 Å². The van der Waals surface area contributed by atoms with Gasteiger partial charge < -0.3 is 10.5 Å². The molecule has 1 aromatic carbocycles. The molecule has 16 heavy (non-hydrogen) atoms. The number of hydrogen-bond donors (Lipinski definition) is 1. The molecule has 0 aliphatic heterocycles. The van der Waals surface area contributed by atoms with Crippen molar-refractivity contribution in [3.63, 3.8) is 0 Å². The Hall–Kier alpha value is -1.84. The van der Waals surface area contributed by atoms with Crippen molar-refractivity contribution in [3.05, 3.63) is 34.4 Å². The predicted molar refractivity (Wildman–Crippen MR) is 60.4 cm³/mol. The summed E-state index contributed by atoms with van der Waals surface area (Å²) in [5, 5.41) is 0. The third-order valence-electron chi connectivity index (χ3n) is 2.29. The van der Waals surface area contributed by atoms with Crippen LogP contribution in [-0.2, 0) is 4.74 Å². The standard InChI is InChI=1S/C12H15NO3/c1-4-16-12(15)9-5-7(2)10(11(13)14)8(3)6-9/h5-6H,4H2,1-3H3,(H2,13,14). The monoisotopic (exact) mass is 221 g/mol. The second kappa shape index (κ2) is 4.79. The molecule has 0 bridgehead atoms. The van der Waals surface area contributed by atoms with E-state index in [1.807, 2.05) is 0 Å². The molecule has 0 saturated carbocycles. The average Bonchev–Trinajstić information content (AvgIpc) is 2.16. The Kier molecular flexibility index (Phi) is 3.66. The summed E-state index contributed by atoms with van der Waals surface area (Å²) in [6.07, 6.45) is 0. The molecule has 0 aliphatic carbocycles. The third kappa shape index (κ3) is 2.39. The van der Waals surface area contributed by atoms with Gasteiger partial charge in [0.1, 0.15) is 0 Å². The first-order chi connectivity index (χ1) is 7.47. The van der Waals surface area contributed by atoms with Crippen molar-refractivity contribution in [1.82, 2.24) is 0 Å². The lowest BCUT2D eigenvalue weighted by Gasteiger charge is -2.09. The van der Waals surface area contributed by atoms with Gasteiger partial charge in [0.05, 0.1) is 12.2 Å². The lowest BCUT2D eigenvalue weighted by molar-refractivity contribution is 0.0526. The lowest BCUT2D eigenvalue weighted by atomic mass is 9.99. The molecule has 0 fully saturated rings. The number of esters is 1. The Bertz CT molecular complexity index is 415. The second-order valence-corrected chi connectivity index (χ2v) is 3.57. The maximum absolute atomic E-state index is 11.5. The summed E-state index contributed by atoms with van der Waals surface area (Å²) in [4.78, 5) is 22.6. The van der Waals surface area contributed by atoms with Crippen molar-refractivity contribution in [1.29, 1.82) is 0 Å². The summed E-state index contributed by atoms with van der Waals surface area (Å²) in [7, 11) is 0. The number of nitrogens with two attached hydrogens (primary N) is 1. The normalized spacial score (nSPS) is 9.94. The number of hydrogen-bond acceptors (Lipinski definition) is 3. The SMILES string of the molecule is CCOC(=O)c1cc(C)c(C(N)=O)c(C)c1.